The van der Waals surface area contributed by atoms with E-state index in [1.807, 2.05) is 26.0 Å². The molecule has 0 aliphatic heterocycles. The number of benzene rings is 2. The minimum absolute atomic E-state index is 0.104. The molecule has 2 aromatic carbocycles. The molecule has 0 spiro atoms. The van der Waals surface area contributed by atoms with Crippen LogP contribution in [0.2, 0.25) is 5.02 Å². The fourth-order valence-electron chi connectivity index (χ4n) is 2.32. The summed E-state index contributed by atoms with van der Waals surface area (Å²) >= 11 is 5.98. The van der Waals surface area contributed by atoms with Gasteiger partial charge in [0.1, 0.15) is 5.75 Å². The molecule has 1 N–H and O–H groups in total. The molecular formula is C21H24ClNO4. The highest BCUT2D eigenvalue weighted by molar-refractivity contribution is 6.31. The summed E-state index contributed by atoms with van der Waals surface area (Å²) < 4.78 is 10.7. The van der Waals surface area contributed by atoms with Gasteiger partial charge in [0.2, 0.25) is 5.91 Å². The average molecular weight is 390 g/mol. The zero-order valence-corrected chi connectivity index (χ0v) is 16.3. The Morgan fingerprint density at radius 2 is 1.81 bits per heavy atom. The third-order valence-corrected chi connectivity index (χ3v) is 4.21. The van der Waals surface area contributed by atoms with E-state index >= 15 is 0 Å². The van der Waals surface area contributed by atoms with Crippen molar-refractivity contribution >= 4 is 29.2 Å². The molecule has 0 aromatic heterocycles. The molecule has 0 bridgehead atoms. The van der Waals surface area contributed by atoms with E-state index in [-0.39, 0.29) is 11.9 Å². The Balaban J connectivity index is 1.72. The zero-order valence-electron chi connectivity index (χ0n) is 15.6. The summed E-state index contributed by atoms with van der Waals surface area (Å²) in [7, 11) is 0. The van der Waals surface area contributed by atoms with E-state index < -0.39 is 0 Å². The number of hydrogen-bond acceptors (Lipinski definition) is 4. The van der Waals surface area contributed by atoms with Crippen LogP contribution in [0.4, 0.5) is 5.69 Å². The van der Waals surface area contributed by atoms with Crippen molar-refractivity contribution in [2.45, 2.75) is 33.1 Å². The summed E-state index contributed by atoms with van der Waals surface area (Å²) in [5, 5.41) is 3.50. The van der Waals surface area contributed by atoms with Gasteiger partial charge in [0.05, 0.1) is 18.8 Å². The number of aryl methyl sites for hydroxylation is 1. The van der Waals surface area contributed by atoms with E-state index in [0.717, 1.165) is 17.7 Å². The van der Waals surface area contributed by atoms with Gasteiger partial charge < -0.3 is 14.8 Å². The molecule has 0 saturated heterocycles. The van der Waals surface area contributed by atoms with Crippen molar-refractivity contribution in [3.05, 3.63) is 58.6 Å². The minimum atomic E-state index is -0.357. The number of nitrogens with one attached hydrogen (secondary N) is 1. The molecule has 0 unspecified atom stereocenters. The number of amides is 1. The highest BCUT2D eigenvalue weighted by Crippen LogP contribution is 2.21. The van der Waals surface area contributed by atoms with Crippen LogP contribution in [0.15, 0.2) is 42.5 Å². The minimum Gasteiger partial charge on any atom is -0.494 e. The van der Waals surface area contributed by atoms with E-state index in [1.54, 1.807) is 30.3 Å². The lowest BCUT2D eigenvalue weighted by atomic mass is 10.2. The fourth-order valence-corrected chi connectivity index (χ4v) is 2.44. The summed E-state index contributed by atoms with van der Waals surface area (Å²) in [5.41, 5.74) is 2.06. The summed E-state index contributed by atoms with van der Waals surface area (Å²) in [4.78, 5) is 23.7. The standard InChI is InChI=1S/C21H24ClNO4/c1-3-12-27-21(25)16-6-8-17(9-7-16)23-20(24)5-4-13-26-18-10-11-19(22)15(2)14-18/h6-11,14H,3-5,12-13H2,1-2H3,(H,23,24). The van der Waals surface area contributed by atoms with Crippen molar-refractivity contribution in [1.29, 1.82) is 0 Å². The van der Waals surface area contributed by atoms with Crippen LogP contribution in [0.5, 0.6) is 5.75 Å². The summed E-state index contributed by atoms with van der Waals surface area (Å²) in [6, 6.07) is 12.1. The molecule has 0 aliphatic carbocycles. The molecule has 0 fully saturated rings. The van der Waals surface area contributed by atoms with E-state index in [0.29, 0.717) is 42.3 Å². The lowest BCUT2D eigenvalue weighted by Crippen LogP contribution is -2.13. The number of esters is 1. The molecule has 0 saturated carbocycles. The number of carbonyl (C=O) groups is 2. The Morgan fingerprint density at radius 3 is 2.48 bits per heavy atom. The van der Waals surface area contributed by atoms with Crippen molar-refractivity contribution in [3.63, 3.8) is 0 Å². The third-order valence-electron chi connectivity index (χ3n) is 3.79. The van der Waals surface area contributed by atoms with Crippen molar-refractivity contribution in [2.24, 2.45) is 0 Å². The number of carbonyl (C=O) groups excluding carboxylic acids is 2. The second-order valence-corrected chi connectivity index (χ2v) is 6.53. The lowest BCUT2D eigenvalue weighted by molar-refractivity contribution is -0.116. The molecule has 144 valence electrons. The van der Waals surface area contributed by atoms with E-state index in [1.165, 1.54) is 0 Å². The Kier molecular flexibility index (Phi) is 8.14. The maximum absolute atomic E-state index is 12.0. The molecule has 6 heteroatoms. The van der Waals surface area contributed by atoms with Crippen LogP contribution in [0, 0.1) is 6.92 Å². The number of ether oxygens (including phenoxy) is 2. The normalized spacial score (nSPS) is 10.3. The van der Waals surface area contributed by atoms with Crippen molar-refractivity contribution in [1.82, 2.24) is 0 Å². The molecule has 0 aliphatic rings. The van der Waals surface area contributed by atoms with Gasteiger partial charge in [-0.3, -0.25) is 4.79 Å². The first-order valence-electron chi connectivity index (χ1n) is 8.95. The average Bonchev–Trinajstić information content (AvgIpc) is 2.66. The van der Waals surface area contributed by atoms with Gasteiger partial charge in [-0.1, -0.05) is 18.5 Å². The van der Waals surface area contributed by atoms with Gasteiger partial charge in [-0.25, -0.2) is 4.79 Å². The lowest BCUT2D eigenvalue weighted by Gasteiger charge is -2.09. The molecule has 5 nitrogen and oxygen atoms in total. The van der Waals surface area contributed by atoms with Crippen LogP contribution >= 0.6 is 11.6 Å². The predicted molar refractivity (Wildman–Crippen MR) is 107 cm³/mol. The van der Waals surface area contributed by atoms with Gasteiger partial charge in [-0.05, 0) is 67.8 Å². The monoisotopic (exact) mass is 389 g/mol. The zero-order chi connectivity index (χ0) is 19.6. The van der Waals surface area contributed by atoms with Crippen LogP contribution in [0.1, 0.15) is 42.1 Å². The number of anilines is 1. The molecule has 0 radical (unpaired) electrons. The number of hydrogen-bond donors (Lipinski definition) is 1. The molecule has 2 aromatic rings. The quantitative estimate of drug-likeness (QED) is 0.483. The van der Waals surface area contributed by atoms with E-state index in [4.69, 9.17) is 21.1 Å². The van der Waals surface area contributed by atoms with Crippen LogP contribution < -0.4 is 10.1 Å². The molecule has 0 heterocycles. The predicted octanol–water partition coefficient (Wildman–Crippen LogP) is 5.01. The first kappa shape index (κ1) is 20.8. The molecule has 27 heavy (non-hydrogen) atoms. The summed E-state index contributed by atoms with van der Waals surface area (Å²) in [6.45, 7) is 4.69. The van der Waals surface area contributed by atoms with Gasteiger partial charge >= 0.3 is 5.97 Å². The maximum Gasteiger partial charge on any atom is 0.338 e. The Labute approximate surface area is 164 Å². The second-order valence-electron chi connectivity index (χ2n) is 6.12. The topological polar surface area (TPSA) is 64.6 Å². The van der Waals surface area contributed by atoms with Crippen LogP contribution in [0.25, 0.3) is 0 Å². The number of halogens is 1. The first-order chi connectivity index (χ1) is 13.0. The van der Waals surface area contributed by atoms with Crippen molar-refractivity contribution < 1.29 is 19.1 Å². The molecule has 2 rings (SSSR count). The van der Waals surface area contributed by atoms with Gasteiger partial charge in [0, 0.05) is 17.1 Å². The van der Waals surface area contributed by atoms with Gasteiger partial charge in [0.15, 0.2) is 0 Å². The summed E-state index contributed by atoms with van der Waals surface area (Å²) in [6.07, 6.45) is 1.71. The second kappa shape index (κ2) is 10.6. The fraction of sp³-hybridized carbons (Fsp3) is 0.333. The van der Waals surface area contributed by atoms with Gasteiger partial charge in [0.25, 0.3) is 0 Å². The molecule has 0 atom stereocenters. The number of rotatable bonds is 9. The summed E-state index contributed by atoms with van der Waals surface area (Å²) in [5.74, 6) is 0.277. The highest BCUT2D eigenvalue weighted by Gasteiger charge is 2.08. The Hall–Kier alpha value is -2.53. The molecule has 1 amide bonds. The van der Waals surface area contributed by atoms with Gasteiger partial charge in [-0.15, -0.1) is 0 Å². The van der Waals surface area contributed by atoms with Crippen LogP contribution in [-0.2, 0) is 9.53 Å². The largest absolute Gasteiger partial charge is 0.494 e. The Bertz CT molecular complexity index is 774. The van der Waals surface area contributed by atoms with E-state index in [9.17, 15) is 9.59 Å². The van der Waals surface area contributed by atoms with Crippen LogP contribution in [0.3, 0.4) is 0 Å². The smallest absolute Gasteiger partial charge is 0.338 e. The first-order valence-corrected chi connectivity index (χ1v) is 9.33. The Morgan fingerprint density at radius 1 is 1.07 bits per heavy atom. The van der Waals surface area contributed by atoms with Crippen LogP contribution in [-0.4, -0.2) is 25.1 Å². The van der Waals surface area contributed by atoms with Crippen molar-refractivity contribution in [3.8, 4) is 5.75 Å². The third kappa shape index (κ3) is 6.94. The highest BCUT2D eigenvalue weighted by atomic mass is 35.5. The van der Waals surface area contributed by atoms with Crippen molar-refractivity contribution in [2.75, 3.05) is 18.5 Å². The van der Waals surface area contributed by atoms with E-state index in [2.05, 4.69) is 5.32 Å². The van der Waals surface area contributed by atoms with Gasteiger partial charge in [-0.2, -0.15) is 0 Å². The SMILES string of the molecule is CCCOC(=O)c1ccc(NC(=O)CCCOc2ccc(Cl)c(C)c2)cc1. The molecular weight excluding hydrogens is 366 g/mol. The maximum atomic E-state index is 12.0.